The number of alkyl halides is 1. The summed E-state index contributed by atoms with van der Waals surface area (Å²) in [5.41, 5.74) is 10.5. The molecule has 0 bridgehead atoms. The van der Waals surface area contributed by atoms with Gasteiger partial charge in [0.15, 0.2) is 0 Å². The summed E-state index contributed by atoms with van der Waals surface area (Å²) in [5, 5.41) is 0.785. The third kappa shape index (κ3) is 4.50. The summed E-state index contributed by atoms with van der Waals surface area (Å²) >= 11 is 3.49. The van der Waals surface area contributed by atoms with Crippen molar-refractivity contribution in [1.29, 1.82) is 0 Å². The molecule has 0 saturated carbocycles. The second-order valence-corrected chi connectivity index (χ2v) is 5.72. The number of halogens is 1. The molecule has 2 aromatic rings. The number of hydrogen-bond donors (Lipinski definition) is 1. The van der Waals surface area contributed by atoms with Crippen molar-refractivity contribution in [2.24, 2.45) is 0 Å². The molecular weight excluding hydrogens is 326 g/mol. The molecule has 0 heterocycles. The third-order valence-electron chi connectivity index (χ3n) is 3.44. The number of unbranched alkanes of at least 4 members (excludes halogenated alkanes) is 1. The summed E-state index contributed by atoms with van der Waals surface area (Å²) in [7, 11) is 0. The van der Waals surface area contributed by atoms with Gasteiger partial charge in [0.05, 0.1) is 6.61 Å². The van der Waals surface area contributed by atoms with Gasteiger partial charge in [0.25, 0.3) is 0 Å². The highest BCUT2D eigenvalue weighted by Crippen LogP contribution is 2.30. The number of rotatable bonds is 7. The molecule has 2 rings (SSSR count). The van der Waals surface area contributed by atoms with Crippen LogP contribution in [0.4, 0.5) is 5.69 Å². The predicted octanol–water partition coefficient (Wildman–Crippen LogP) is 4.93. The van der Waals surface area contributed by atoms with Gasteiger partial charge in [-0.2, -0.15) is 0 Å². The molecule has 0 fully saturated rings. The number of hydrogen-bond acceptors (Lipinski definition) is 2. The van der Waals surface area contributed by atoms with E-state index in [2.05, 4.69) is 53.2 Å². The fraction of sp³-hybridized carbons (Fsp3) is 0.333. The fourth-order valence-corrected chi connectivity index (χ4v) is 2.57. The van der Waals surface area contributed by atoms with E-state index in [9.17, 15) is 0 Å². The molecule has 0 atom stereocenters. The van der Waals surface area contributed by atoms with Gasteiger partial charge in [-0.25, -0.2) is 0 Å². The number of ether oxygens (including phenoxy) is 1. The zero-order valence-corrected chi connectivity index (χ0v) is 14.0. The Labute approximate surface area is 135 Å². The Kier molecular flexibility index (Phi) is 6.12. The van der Waals surface area contributed by atoms with E-state index in [4.69, 9.17) is 10.5 Å². The molecule has 21 heavy (non-hydrogen) atoms. The molecule has 0 spiro atoms. The summed E-state index contributed by atoms with van der Waals surface area (Å²) in [6.07, 6.45) is 2.99. The van der Waals surface area contributed by atoms with Crippen molar-refractivity contribution in [2.45, 2.75) is 31.5 Å². The van der Waals surface area contributed by atoms with Gasteiger partial charge in [-0.15, -0.1) is 0 Å². The second-order valence-electron chi connectivity index (χ2n) is 5.16. The van der Waals surface area contributed by atoms with E-state index < -0.39 is 0 Å². The van der Waals surface area contributed by atoms with Gasteiger partial charge in [0, 0.05) is 23.0 Å². The largest absolute Gasteiger partial charge is 0.493 e. The van der Waals surface area contributed by atoms with Crippen LogP contribution in [-0.4, -0.2) is 6.61 Å². The Hall–Kier alpha value is -1.48. The van der Waals surface area contributed by atoms with Crippen LogP contribution in [0.1, 0.15) is 36.5 Å². The van der Waals surface area contributed by atoms with Crippen molar-refractivity contribution in [3.05, 3.63) is 59.2 Å². The molecule has 0 amide bonds. The predicted molar refractivity (Wildman–Crippen MR) is 93.1 cm³/mol. The van der Waals surface area contributed by atoms with Gasteiger partial charge >= 0.3 is 0 Å². The van der Waals surface area contributed by atoms with Gasteiger partial charge in [-0.05, 0) is 29.7 Å². The Bertz CT molecular complexity index is 569. The standard InChI is InChI=1S/C18H22BrNO/c1-2-3-9-21-18-12-15(13-19)11-17(20)16(18)10-14-7-5-4-6-8-14/h4-8,11-12H,2-3,9-10,13,20H2,1H3. The minimum absolute atomic E-state index is 0.740. The highest BCUT2D eigenvalue weighted by atomic mass is 79.9. The molecule has 0 aromatic heterocycles. The summed E-state index contributed by atoms with van der Waals surface area (Å²) in [5.74, 6) is 0.918. The maximum atomic E-state index is 6.25. The van der Waals surface area contributed by atoms with Crippen LogP contribution in [0.3, 0.4) is 0 Å². The van der Waals surface area contributed by atoms with Crippen molar-refractivity contribution in [3.8, 4) is 5.75 Å². The Balaban J connectivity index is 2.28. The van der Waals surface area contributed by atoms with Crippen molar-refractivity contribution in [2.75, 3.05) is 12.3 Å². The fourth-order valence-electron chi connectivity index (χ4n) is 2.25. The molecule has 0 unspecified atom stereocenters. The lowest BCUT2D eigenvalue weighted by atomic mass is 10.0. The van der Waals surface area contributed by atoms with Gasteiger partial charge in [-0.3, -0.25) is 0 Å². The smallest absolute Gasteiger partial charge is 0.125 e. The van der Waals surface area contributed by atoms with E-state index >= 15 is 0 Å². The topological polar surface area (TPSA) is 35.2 Å². The van der Waals surface area contributed by atoms with Crippen LogP contribution in [0.25, 0.3) is 0 Å². The van der Waals surface area contributed by atoms with Crippen molar-refractivity contribution < 1.29 is 4.74 Å². The summed E-state index contributed by atoms with van der Waals surface area (Å²) in [6.45, 7) is 2.90. The van der Waals surface area contributed by atoms with Crippen LogP contribution < -0.4 is 10.5 Å². The number of nitrogen functional groups attached to an aromatic ring is 1. The van der Waals surface area contributed by atoms with Gasteiger partial charge in [0.2, 0.25) is 0 Å². The van der Waals surface area contributed by atoms with Gasteiger partial charge in [-0.1, -0.05) is 59.6 Å². The molecule has 0 aliphatic rings. The zero-order valence-electron chi connectivity index (χ0n) is 12.4. The molecule has 2 N–H and O–H groups in total. The maximum Gasteiger partial charge on any atom is 0.125 e. The lowest BCUT2D eigenvalue weighted by Crippen LogP contribution is -2.05. The molecule has 112 valence electrons. The van der Waals surface area contributed by atoms with Crippen molar-refractivity contribution >= 4 is 21.6 Å². The molecule has 0 saturated heterocycles. The van der Waals surface area contributed by atoms with Crippen molar-refractivity contribution in [1.82, 2.24) is 0 Å². The molecule has 2 aromatic carbocycles. The second kappa shape index (κ2) is 8.08. The third-order valence-corrected chi connectivity index (χ3v) is 4.08. The van der Waals surface area contributed by atoms with E-state index in [0.717, 1.165) is 53.8 Å². The number of benzene rings is 2. The highest BCUT2D eigenvalue weighted by Gasteiger charge is 2.11. The van der Waals surface area contributed by atoms with E-state index in [1.54, 1.807) is 0 Å². The summed E-state index contributed by atoms with van der Waals surface area (Å²) in [4.78, 5) is 0. The molecule has 3 heteroatoms. The van der Waals surface area contributed by atoms with Gasteiger partial charge < -0.3 is 10.5 Å². The van der Waals surface area contributed by atoms with Crippen LogP contribution in [0.15, 0.2) is 42.5 Å². The maximum absolute atomic E-state index is 6.25. The minimum atomic E-state index is 0.740. The van der Waals surface area contributed by atoms with E-state index in [1.165, 1.54) is 5.56 Å². The molecule has 0 aliphatic carbocycles. The first-order valence-electron chi connectivity index (χ1n) is 7.38. The first-order chi connectivity index (χ1) is 10.2. The minimum Gasteiger partial charge on any atom is -0.493 e. The first kappa shape index (κ1) is 15.9. The Morgan fingerprint density at radius 3 is 2.52 bits per heavy atom. The van der Waals surface area contributed by atoms with Crippen LogP contribution in [0.2, 0.25) is 0 Å². The molecule has 2 nitrogen and oxygen atoms in total. The molecule has 0 radical (unpaired) electrons. The lowest BCUT2D eigenvalue weighted by molar-refractivity contribution is 0.307. The lowest BCUT2D eigenvalue weighted by Gasteiger charge is -2.15. The van der Waals surface area contributed by atoms with E-state index in [1.807, 2.05) is 12.1 Å². The van der Waals surface area contributed by atoms with Crippen LogP contribution >= 0.6 is 15.9 Å². The number of nitrogens with two attached hydrogens (primary N) is 1. The SMILES string of the molecule is CCCCOc1cc(CBr)cc(N)c1Cc1ccccc1. The molecule has 0 aliphatic heterocycles. The molecular formula is C18H22BrNO. The van der Waals surface area contributed by atoms with E-state index in [-0.39, 0.29) is 0 Å². The first-order valence-corrected chi connectivity index (χ1v) is 8.50. The quantitative estimate of drug-likeness (QED) is 0.437. The average Bonchev–Trinajstić information content (AvgIpc) is 2.51. The van der Waals surface area contributed by atoms with Crippen LogP contribution in [-0.2, 0) is 11.8 Å². The summed E-state index contributed by atoms with van der Waals surface area (Å²) in [6, 6.07) is 14.5. The normalized spacial score (nSPS) is 10.6. The average molecular weight is 348 g/mol. The van der Waals surface area contributed by atoms with Crippen LogP contribution in [0.5, 0.6) is 5.75 Å². The van der Waals surface area contributed by atoms with Crippen molar-refractivity contribution in [3.63, 3.8) is 0 Å². The van der Waals surface area contributed by atoms with E-state index in [0.29, 0.717) is 0 Å². The Morgan fingerprint density at radius 2 is 1.86 bits per heavy atom. The zero-order chi connectivity index (χ0) is 15.1. The van der Waals surface area contributed by atoms with Crippen LogP contribution in [0, 0.1) is 0 Å². The highest BCUT2D eigenvalue weighted by molar-refractivity contribution is 9.08. The number of anilines is 1. The monoisotopic (exact) mass is 347 g/mol. The Morgan fingerprint density at radius 1 is 1.10 bits per heavy atom. The summed E-state index contributed by atoms with van der Waals surface area (Å²) < 4.78 is 5.97. The van der Waals surface area contributed by atoms with Gasteiger partial charge in [0.1, 0.15) is 5.75 Å².